The zero-order valence-corrected chi connectivity index (χ0v) is 23.2. The van der Waals surface area contributed by atoms with Gasteiger partial charge in [-0.25, -0.2) is 4.79 Å². The molecule has 3 aromatic carbocycles. The average Bonchev–Trinajstić information content (AvgIpc) is 3.01. The van der Waals surface area contributed by atoms with Crippen molar-refractivity contribution in [2.45, 2.75) is 48.9 Å². The van der Waals surface area contributed by atoms with Crippen LogP contribution >= 0.6 is 11.8 Å². The van der Waals surface area contributed by atoms with Gasteiger partial charge in [-0.05, 0) is 40.5 Å². The van der Waals surface area contributed by atoms with E-state index in [4.69, 9.17) is 4.74 Å². The maximum Gasteiger partial charge on any atom is 0.334 e. The molecule has 9 heteroatoms. The number of rotatable bonds is 11. The Bertz CT molecular complexity index is 1350. The van der Waals surface area contributed by atoms with Crippen LogP contribution in [0.5, 0.6) is 0 Å². The predicted molar refractivity (Wildman–Crippen MR) is 155 cm³/mol. The number of hydrogen-bond donors (Lipinski definition) is 3. The lowest BCUT2D eigenvalue weighted by atomic mass is 9.92. The fraction of sp³-hybridized carbons (Fsp3) is 0.281. The number of hydrogen-bond acceptors (Lipinski definition) is 7. The van der Waals surface area contributed by atoms with Crippen molar-refractivity contribution in [3.63, 3.8) is 0 Å². The van der Waals surface area contributed by atoms with Crippen molar-refractivity contribution >= 4 is 29.5 Å². The molecular formula is C32H32N2O6S. The van der Waals surface area contributed by atoms with Gasteiger partial charge in [-0.1, -0.05) is 91.0 Å². The summed E-state index contributed by atoms with van der Waals surface area (Å²) in [5, 5.41) is 24.3. The van der Waals surface area contributed by atoms with Crippen molar-refractivity contribution < 1.29 is 29.3 Å². The third-order valence-electron chi connectivity index (χ3n) is 7.22. The molecule has 3 N–H and O–H groups in total. The summed E-state index contributed by atoms with van der Waals surface area (Å²) in [4.78, 5) is 41.5. The van der Waals surface area contributed by atoms with E-state index in [-0.39, 0.29) is 25.4 Å². The first kappa shape index (κ1) is 28.6. The van der Waals surface area contributed by atoms with E-state index in [0.29, 0.717) is 12.0 Å². The highest BCUT2D eigenvalue weighted by Crippen LogP contribution is 2.42. The summed E-state index contributed by atoms with van der Waals surface area (Å²) in [6, 6.07) is 25.9. The summed E-state index contributed by atoms with van der Waals surface area (Å²) in [5.74, 6) is -1.38. The third-order valence-corrected chi connectivity index (χ3v) is 8.41. The van der Waals surface area contributed by atoms with Crippen molar-refractivity contribution in [1.29, 1.82) is 0 Å². The largest absolute Gasteiger partial charge is 0.451 e. The monoisotopic (exact) mass is 572 g/mol. The maximum atomic E-state index is 13.9. The van der Waals surface area contributed by atoms with Gasteiger partial charge in [0, 0.05) is 6.61 Å². The quantitative estimate of drug-likeness (QED) is 0.238. The first-order chi connectivity index (χ1) is 20.0. The van der Waals surface area contributed by atoms with Gasteiger partial charge in [0.2, 0.25) is 11.8 Å². The van der Waals surface area contributed by atoms with Gasteiger partial charge in [0.05, 0.1) is 12.5 Å². The van der Waals surface area contributed by atoms with E-state index in [1.54, 1.807) is 5.41 Å². The molecule has 5 rings (SSSR count). The zero-order valence-electron chi connectivity index (χ0n) is 22.3. The van der Waals surface area contributed by atoms with Crippen LogP contribution in [-0.2, 0) is 25.5 Å². The third kappa shape index (κ3) is 6.37. The van der Waals surface area contributed by atoms with Crippen LogP contribution in [0.3, 0.4) is 0 Å². The van der Waals surface area contributed by atoms with Crippen molar-refractivity contribution in [2.75, 3.05) is 6.61 Å². The number of carbonyl (C=O) groups is 3. The van der Waals surface area contributed by atoms with Crippen LogP contribution in [0.1, 0.15) is 35.6 Å². The lowest BCUT2D eigenvalue weighted by molar-refractivity contribution is -0.166. The molecule has 4 atom stereocenters. The van der Waals surface area contributed by atoms with Crippen molar-refractivity contribution in [2.24, 2.45) is 0 Å². The van der Waals surface area contributed by atoms with Gasteiger partial charge >= 0.3 is 5.97 Å². The van der Waals surface area contributed by atoms with Crippen molar-refractivity contribution in [3.8, 4) is 0 Å². The molecule has 2 amide bonds. The second kappa shape index (κ2) is 13.2. The minimum atomic E-state index is -1.17. The highest BCUT2D eigenvalue weighted by molar-refractivity contribution is 8.03. The summed E-state index contributed by atoms with van der Waals surface area (Å²) in [5.41, 5.74) is 2.70. The van der Waals surface area contributed by atoms with E-state index in [9.17, 15) is 24.6 Å². The lowest BCUT2D eigenvalue weighted by Gasteiger charge is -2.52. The Morgan fingerprint density at radius 2 is 1.51 bits per heavy atom. The SMILES string of the molecule is O=C(Cc1ccccc1)N[C@@H]1C(=O)N2C(C(=O)OC(c3ccccc3)c3ccccc3)C(C(O)CCCO)=CSC12. The highest BCUT2D eigenvalue weighted by atomic mass is 32.2. The van der Waals surface area contributed by atoms with Crippen LogP contribution in [0.15, 0.2) is 102 Å². The lowest BCUT2D eigenvalue weighted by Crippen LogP contribution is -2.74. The molecule has 2 aliphatic heterocycles. The van der Waals surface area contributed by atoms with Crippen LogP contribution in [0.4, 0.5) is 0 Å². The molecule has 212 valence electrons. The number of amides is 2. The van der Waals surface area contributed by atoms with E-state index >= 15 is 0 Å². The Morgan fingerprint density at radius 3 is 2.10 bits per heavy atom. The van der Waals surface area contributed by atoms with E-state index in [1.807, 2.05) is 91.0 Å². The van der Waals surface area contributed by atoms with Crippen LogP contribution < -0.4 is 5.32 Å². The van der Waals surface area contributed by atoms with Crippen LogP contribution in [0.2, 0.25) is 0 Å². The number of esters is 1. The fourth-order valence-corrected chi connectivity index (χ4v) is 6.42. The van der Waals surface area contributed by atoms with Crippen molar-refractivity contribution in [1.82, 2.24) is 10.2 Å². The normalized spacial score (nSPS) is 20.5. The minimum Gasteiger partial charge on any atom is -0.451 e. The summed E-state index contributed by atoms with van der Waals surface area (Å²) >= 11 is 1.27. The molecule has 3 unspecified atom stereocenters. The van der Waals surface area contributed by atoms with Gasteiger partial charge in [-0.3, -0.25) is 9.59 Å². The van der Waals surface area contributed by atoms with Gasteiger partial charge in [0.15, 0.2) is 12.1 Å². The van der Waals surface area contributed by atoms with E-state index in [0.717, 1.165) is 16.7 Å². The number of carbonyl (C=O) groups excluding carboxylic acids is 3. The second-order valence-corrected chi connectivity index (χ2v) is 11.0. The first-order valence-electron chi connectivity index (χ1n) is 13.6. The number of thioether (sulfide) groups is 1. The predicted octanol–water partition coefficient (Wildman–Crippen LogP) is 3.35. The molecule has 0 spiro atoms. The topological polar surface area (TPSA) is 116 Å². The Labute approximate surface area is 243 Å². The van der Waals surface area contributed by atoms with Crippen molar-refractivity contribution in [3.05, 3.63) is 119 Å². The smallest absolute Gasteiger partial charge is 0.334 e. The standard InChI is InChI=1S/C32H32N2O6S/c35-18-10-17-25(36)24-20-41-31-27(33-26(37)19-21-11-4-1-5-12-21)30(38)34(31)28(24)32(39)40-29(22-13-6-2-7-14-22)23-15-8-3-9-16-23/h1-9,11-16,20,25,27-29,31,35-36H,10,17-19H2,(H,33,37)/t25?,27-,28?,31?/m1/s1. The van der Waals surface area contributed by atoms with Crippen LogP contribution in [0, 0.1) is 0 Å². The number of nitrogens with zero attached hydrogens (tertiary/aromatic N) is 1. The molecule has 0 aliphatic carbocycles. The van der Waals surface area contributed by atoms with Gasteiger partial charge in [0.25, 0.3) is 0 Å². The molecule has 2 heterocycles. The Morgan fingerprint density at radius 1 is 0.927 bits per heavy atom. The number of ether oxygens (including phenoxy) is 1. The van der Waals surface area contributed by atoms with E-state index < -0.39 is 41.5 Å². The molecule has 0 bridgehead atoms. The second-order valence-electron chi connectivity index (χ2n) is 10.0. The molecular weight excluding hydrogens is 540 g/mol. The Balaban J connectivity index is 1.39. The number of aliphatic hydroxyl groups excluding tert-OH is 2. The van der Waals surface area contributed by atoms with Gasteiger partial charge in [0.1, 0.15) is 11.4 Å². The van der Waals surface area contributed by atoms with E-state index in [1.165, 1.54) is 16.7 Å². The Kier molecular flexibility index (Phi) is 9.18. The first-order valence-corrected chi connectivity index (χ1v) is 14.5. The molecule has 8 nitrogen and oxygen atoms in total. The summed E-state index contributed by atoms with van der Waals surface area (Å²) < 4.78 is 6.11. The molecule has 1 saturated heterocycles. The highest BCUT2D eigenvalue weighted by Gasteiger charge is 2.57. The molecule has 0 saturated carbocycles. The van der Waals surface area contributed by atoms with Gasteiger partial charge < -0.3 is 25.2 Å². The Hall–Kier alpha value is -3.92. The van der Waals surface area contributed by atoms with Gasteiger partial charge in [-0.15, -0.1) is 11.8 Å². The average molecular weight is 573 g/mol. The molecule has 2 aliphatic rings. The fourth-order valence-electron chi connectivity index (χ4n) is 5.14. The summed E-state index contributed by atoms with van der Waals surface area (Å²) in [6.07, 6.45) is -1.11. The minimum absolute atomic E-state index is 0.114. The van der Waals surface area contributed by atoms with Gasteiger partial charge in [-0.2, -0.15) is 0 Å². The number of aliphatic hydroxyl groups is 2. The van der Waals surface area contributed by atoms with Crippen LogP contribution in [-0.4, -0.2) is 63.1 Å². The zero-order chi connectivity index (χ0) is 28.8. The van der Waals surface area contributed by atoms with E-state index in [2.05, 4.69) is 5.32 Å². The molecule has 3 aromatic rings. The number of benzene rings is 3. The molecule has 0 radical (unpaired) electrons. The summed E-state index contributed by atoms with van der Waals surface area (Å²) in [7, 11) is 0. The molecule has 41 heavy (non-hydrogen) atoms. The number of fused-ring (bicyclic) bond motifs is 1. The number of β-lactam (4-membered cyclic amide) rings is 1. The summed E-state index contributed by atoms with van der Waals surface area (Å²) in [6.45, 7) is -0.114. The number of nitrogens with one attached hydrogen (secondary N) is 1. The molecule has 0 aromatic heterocycles. The molecule has 1 fully saturated rings. The van der Waals surface area contributed by atoms with Crippen LogP contribution in [0.25, 0.3) is 0 Å². The maximum absolute atomic E-state index is 13.9.